The lowest BCUT2D eigenvalue weighted by atomic mass is 10.1. The zero-order valence-corrected chi connectivity index (χ0v) is 11.8. The molecule has 1 rings (SSSR count). The maximum atomic E-state index is 12.2. The number of hydrogen-bond acceptors (Lipinski definition) is 4. The Kier molecular flexibility index (Phi) is 4.90. The van der Waals surface area contributed by atoms with Gasteiger partial charge in [-0.15, -0.1) is 0 Å². The molecule has 1 aromatic carbocycles. The van der Waals surface area contributed by atoms with Crippen LogP contribution in [0.2, 0.25) is 0 Å². The molecule has 0 saturated carbocycles. The zero-order chi connectivity index (χ0) is 14.6. The van der Waals surface area contributed by atoms with Crippen molar-refractivity contribution in [2.75, 3.05) is 7.11 Å². The number of sulfonamides is 1. The predicted octanol–water partition coefficient (Wildman–Crippen LogP) is 1.08. The van der Waals surface area contributed by atoms with E-state index in [1.807, 2.05) is 0 Å². The van der Waals surface area contributed by atoms with Crippen LogP contribution in [0, 0.1) is 5.92 Å². The topological polar surface area (TPSA) is 92.7 Å². The average molecular weight is 287 g/mol. The second kappa shape index (κ2) is 6.03. The van der Waals surface area contributed by atoms with Crippen molar-refractivity contribution < 1.29 is 23.1 Å². The molecule has 0 aromatic heterocycles. The van der Waals surface area contributed by atoms with Gasteiger partial charge >= 0.3 is 5.97 Å². The summed E-state index contributed by atoms with van der Waals surface area (Å²) in [5.74, 6) is -1.68. The van der Waals surface area contributed by atoms with Gasteiger partial charge in [-0.2, -0.15) is 0 Å². The maximum absolute atomic E-state index is 12.2. The standard InChI is InChI=1S/C12H17NO5S/c1-8(12(14)15)9(2)13-19(16,17)11-7-5-4-6-10(11)18-3/h4-9,13H,1-3H3,(H,14,15). The number of rotatable bonds is 6. The largest absolute Gasteiger partial charge is 0.495 e. The van der Waals surface area contributed by atoms with Crippen LogP contribution in [0.3, 0.4) is 0 Å². The number of para-hydroxylation sites is 1. The number of carboxylic acids is 1. The van der Waals surface area contributed by atoms with Gasteiger partial charge in [-0.3, -0.25) is 4.79 Å². The fraction of sp³-hybridized carbons (Fsp3) is 0.417. The summed E-state index contributed by atoms with van der Waals surface area (Å²) in [5, 5.41) is 8.86. The van der Waals surface area contributed by atoms with Gasteiger partial charge in [-0.1, -0.05) is 19.1 Å². The number of carboxylic acid groups (broad SMARTS) is 1. The molecule has 0 fully saturated rings. The lowest BCUT2D eigenvalue weighted by Gasteiger charge is -2.18. The van der Waals surface area contributed by atoms with E-state index < -0.39 is 28.0 Å². The first kappa shape index (κ1) is 15.5. The average Bonchev–Trinajstić information content (AvgIpc) is 2.37. The highest BCUT2D eigenvalue weighted by molar-refractivity contribution is 7.89. The van der Waals surface area contributed by atoms with Crippen LogP contribution in [0.15, 0.2) is 29.2 Å². The van der Waals surface area contributed by atoms with Crippen LogP contribution in [-0.2, 0) is 14.8 Å². The van der Waals surface area contributed by atoms with Crippen molar-refractivity contribution >= 4 is 16.0 Å². The first-order valence-corrected chi connectivity index (χ1v) is 7.16. The third kappa shape index (κ3) is 3.68. The molecule has 0 saturated heterocycles. The molecular weight excluding hydrogens is 270 g/mol. The van der Waals surface area contributed by atoms with Gasteiger partial charge in [-0.05, 0) is 19.1 Å². The van der Waals surface area contributed by atoms with Gasteiger partial charge in [0.15, 0.2) is 0 Å². The molecule has 7 heteroatoms. The summed E-state index contributed by atoms with van der Waals surface area (Å²) in [6.45, 7) is 2.95. The highest BCUT2D eigenvalue weighted by Crippen LogP contribution is 2.23. The number of ether oxygens (including phenoxy) is 1. The molecule has 0 bridgehead atoms. The van der Waals surface area contributed by atoms with E-state index in [9.17, 15) is 13.2 Å². The minimum Gasteiger partial charge on any atom is -0.495 e. The molecule has 2 unspecified atom stereocenters. The van der Waals surface area contributed by atoms with Gasteiger partial charge in [0.05, 0.1) is 13.0 Å². The molecule has 106 valence electrons. The summed E-state index contributed by atoms with van der Waals surface area (Å²) in [7, 11) is -2.45. The van der Waals surface area contributed by atoms with Crippen LogP contribution in [0.25, 0.3) is 0 Å². The van der Waals surface area contributed by atoms with Crippen LogP contribution in [0.1, 0.15) is 13.8 Å². The van der Waals surface area contributed by atoms with Crippen molar-refractivity contribution in [3.8, 4) is 5.75 Å². The number of hydrogen-bond donors (Lipinski definition) is 2. The zero-order valence-electron chi connectivity index (χ0n) is 11.0. The second-order valence-corrected chi connectivity index (χ2v) is 5.87. The van der Waals surface area contributed by atoms with Gasteiger partial charge < -0.3 is 9.84 Å². The molecule has 0 aliphatic carbocycles. The SMILES string of the molecule is COc1ccccc1S(=O)(=O)NC(C)C(C)C(=O)O. The molecule has 0 aliphatic heterocycles. The number of aliphatic carboxylic acids is 1. The minimum absolute atomic E-state index is 0.0121. The van der Waals surface area contributed by atoms with Crippen molar-refractivity contribution in [1.29, 1.82) is 0 Å². The molecule has 0 spiro atoms. The molecule has 2 atom stereocenters. The van der Waals surface area contributed by atoms with E-state index in [0.29, 0.717) is 0 Å². The Labute approximate surface area is 112 Å². The Morgan fingerprint density at radius 3 is 2.42 bits per heavy atom. The van der Waals surface area contributed by atoms with Crippen molar-refractivity contribution in [2.45, 2.75) is 24.8 Å². The first-order chi connectivity index (χ1) is 8.79. The normalized spacial score (nSPS) is 14.7. The van der Waals surface area contributed by atoms with E-state index in [1.165, 1.54) is 33.1 Å². The van der Waals surface area contributed by atoms with Crippen LogP contribution >= 0.6 is 0 Å². The summed E-state index contributed by atoms with van der Waals surface area (Å²) in [6, 6.07) is 5.43. The highest BCUT2D eigenvalue weighted by atomic mass is 32.2. The number of benzene rings is 1. The molecule has 0 amide bonds. The fourth-order valence-electron chi connectivity index (χ4n) is 1.46. The highest BCUT2D eigenvalue weighted by Gasteiger charge is 2.26. The maximum Gasteiger partial charge on any atom is 0.307 e. The van der Waals surface area contributed by atoms with E-state index in [1.54, 1.807) is 12.1 Å². The van der Waals surface area contributed by atoms with Gasteiger partial charge in [0, 0.05) is 6.04 Å². The van der Waals surface area contributed by atoms with Gasteiger partial charge in [0.2, 0.25) is 10.0 Å². The number of methoxy groups -OCH3 is 1. The van der Waals surface area contributed by atoms with Crippen LogP contribution in [0.4, 0.5) is 0 Å². The minimum atomic E-state index is -3.82. The van der Waals surface area contributed by atoms with E-state index in [-0.39, 0.29) is 10.6 Å². The Hall–Kier alpha value is -1.60. The molecular formula is C12H17NO5S. The molecule has 19 heavy (non-hydrogen) atoms. The monoisotopic (exact) mass is 287 g/mol. The van der Waals surface area contributed by atoms with Gasteiger partial charge in [0.25, 0.3) is 0 Å². The van der Waals surface area contributed by atoms with Crippen LogP contribution in [-0.4, -0.2) is 32.6 Å². The van der Waals surface area contributed by atoms with Crippen molar-refractivity contribution in [3.63, 3.8) is 0 Å². The van der Waals surface area contributed by atoms with Crippen molar-refractivity contribution in [2.24, 2.45) is 5.92 Å². The number of carbonyl (C=O) groups is 1. The third-order valence-corrected chi connectivity index (χ3v) is 4.44. The Bertz CT molecular complexity index is 555. The molecule has 0 heterocycles. The van der Waals surface area contributed by atoms with Gasteiger partial charge in [0.1, 0.15) is 10.6 Å². The summed E-state index contributed by atoms with van der Waals surface area (Å²) < 4.78 is 31.7. The van der Waals surface area contributed by atoms with Gasteiger partial charge in [-0.25, -0.2) is 13.1 Å². The lowest BCUT2D eigenvalue weighted by molar-refractivity contribution is -0.141. The predicted molar refractivity (Wildman–Crippen MR) is 69.6 cm³/mol. The molecule has 1 aromatic rings. The summed E-state index contributed by atoms with van der Waals surface area (Å²) in [6.07, 6.45) is 0. The lowest BCUT2D eigenvalue weighted by Crippen LogP contribution is -2.40. The second-order valence-electron chi connectivity index (χ2n) is 4.19. The Balaban J connectivity index is 3.02. The van der Waals surface area contributed by atoms with E-state index in [0.717, 1.165) is 0 Å². The molecule has 0 radical (unpaired) electrons. The van der Waals surface area contributed by atoms with E-state index >= 15 is 0 Å². The van der Waals surface area contributed by atoms with E-state index in [2.05, 4.69) is 4.72 Å². The van der Waals surface area contributed by atoms with Crippen molar-refractivity contribution in [1.82, 2.24) is 4.72 Å². The van der Waals surface area contributed by atoms with E-state index in [4.69, 9.17) is 9.84 Å². The quantitative estimate of drug-likeness (QED) is 0.816. The summed E-state index contributed by atoms with van der Waals surface area (Å²) in [4.78, 5) is 10.8. The Morgan fingerprint density at radius 2 is 1.89 bits per heavy atom. The third-order valence-electron chi connectivity index (χ3n) is 2.84. The molecule has 0 aliphatic rings. The summed E-state index contributed by atoms with van der Waals surface area (Å²) >= 11 is 0. The van der Waals surface area contributed by atoms with Crippen LogP contribution in [0.5, 0.6) is 5.75 Å². The first-order valence-electron chi connectivity index (χ1n) is 5.67. The molecule has 2 N–H and O–H groups in total. The van der Waals surface area contributed by atoms with Crippen LogP contribution < -0.4 is 9.46 Å². The molecule has 6 nitrogen and oxygen atoms in total. The van der Waals surface area contributed by atoms with Crippen molar-refractivity contribution in [3.05, 3.63) is 24.3 Å². The number of nitrogens with one attached hydrogen (secondary N) is 1. The smallest absolute Gasteiger partial charge is 0.307 e. The fourth-order valence-corrected chi connectivity index (χ4v) is 2.96. The summed E-state index contributed by atoms with van der Waals surface area (Å²) in [5.41, 5.74) is 0. The Morgan fingerprint density at radius 1 is 1.32 bits per heavy atom.